The third kappa shape index (κ3) is 4.22. The summed E-state index contributed by atoms with van der Waals surface area (Å²) in [7, 11) is 0. The average molecular weight is 329 g/mol. The maximum absolute atomic E-state index is 13.0. The minimum Gasteiger partial charge on any atom is -0.333 e. The molecule has 1 aliphatic heterocycles. The molecule has 2 rings (SSSR count). The van der Waals surface area contributed by atoms with Gasteiger partial charge in [0, 0.05) is 43.9 Å². The minimum absolute atomic E-state index is 0.0431. The fraction of sp³-hybridized carbons (Fsp3) is 0.467. The van der Waals surface area contributed by atoms with Gasteiger partial charge in [-0.05, 0) is 25.1 Å². The standard InChI is InChI=1S/C15H18F3N3O2/c1-9-8-19-3-4-21(9)14(23)11-5-12(15(16,17)18)7-13(6-11)20-10(2)22/h5-7,9,19H,3-4,8H2,1-2H3,(H,20,22)/t9-/m1/s1. The van der Waals surface area contributed by atoms with E-state index >= 15 is 0 Å². The second kappa shape index (κ2) is 6.57. The normalized spacial score (nSPS) is 18.7. The quantitative estimate of drug-likeness (QED) is 0.873. The van der Waals surface area contributed by atoms with Gasteiger partial charge < -0.3 is 15.5 Å². The van der Waals surface area contributed by atoms with E-state index in [1.165, 1.54) is 17.9 Å². The molecular weight excluding hydrogens is 311 g/mol. The molecule has 1 aromatic rings. The van der Waals surface area contributed by atoms with Crippen molar-refractivity contribution in [2.24, 2.45) is 0 Å². The van der Waals surface area contributed by atoms with Crippen LogP contribution in [0.5, 0.6) is 0 Å². The summed E-state index contributed by atoms with van der Waals surface area (Å²) in [4.78, 5) is 25.2. The highest BCUT2D eigenvalue weighted by molar-refractivity contribution is 5.97. The molecule has 0 saturated carbocycles. The number of piperazine rings is 1. The molecule has 1 heterocycles. The van der Waals surface area contributed by atoms with Crippen molar-refractivity contribution in [3.63, 3.8) is 0 Å². The summed E-state index contributed by atoms with van der Waals surface area (Å²) >= 11 is 0. The molecule has 126 valence electrons. The summed E-state index contributed by atoms with van der Waals surface area (Å²) in [6, 6.07) is 2.80. The number of benzene rings is 1. The molecule has 1 atom stereocenters. The number of hydrogen-bond acceptors (Lipinski definition) is 3. The lowest BCUT2D eigenvalue weighted by atomic mass is 10.1. The summed E-state index contributed by atoms with van der Waals surface area (Å²) < 4.78 is 39.1. The van der Waals surface area contributed by atoms with Gasteiger partial charge in [-0.3, -0.25) is 9.59 Å². The van der Waals surface area contributed by atoms with Crippen molar-refractivity contribution in [1.29, 1.82) is 0 Å². The van der Waals surface area contributed by atoms with Crippen LogP contribution in [0.25, 0.3) is 0 Å². The number of halogens is 3. The van der Waals surface area contributed by atoms with Crippen molar-refractivity contribution >= 4 is 17.5 Å². The third-order valence-electron chi connectivity index (χ3n) is 3.59. The van der Waals surface area contributed by atoms with E-state index in [0.29, 0.717) is 19.6 Å². The molecule has 0 radical (unpaired) electrons. The highest BCUT2D eigenvalue weighted by atomic mass is 19.4. The van der Waals surface area contributed by atoms with Crippen molar-refractivity contribution in [1.82, 2.24) is 10.2 Å². The predicted octanol–water partition coefficient (Wildman–Crippen LogP) is 2.10. The Kier molecular flexibility index (Phi) is 4.93. The highest BCUT2D eigenvalue weighted by Crippen LogP contribution is 2.32. The topological polar surface area (TPSA) is 61.4 Å². The number of nitrogens with zero attached hydrogens (tertiary/aromatic N) is 1. The van der Waals surface area contributed by atoms with E-state index in [2.05, 4.69) is 10.6 Å². The van der Waals surface area contributed by atoms with Crippen LogP contribution in [-0.2, 0) is 11.0 Å². The van der Waals surface area contributed by atoms with Crippen LogP contribution in [0, 0.1) is 0 Å². The van der Waals surface area contributed by atoms with Gasteiger partial charge in [0.05, 0.1) is 5.56 Å². The van der Waals surface area contributed by atoms with Gasteiger partial charge >= 0.3 is 6.18 Å². The number of nitrogens with one attached hydrogen (secondary N) is 2. The lowest BCUT2D eigenvalue weighted by molar-refractivity contribution is -0.137. The van der Waals surface area contributed by atoms with Crippen LogP contribution in [0.15, 0.2) is 18.2 Å². The fourth-order valence-electron chi connectivity index (χ4n) is 2.50. The van der Waals surface area contributed by atoms with Gasteiger partial charge in [0.2, 0.25) is 5.91 Å². The second-order valence-electron chi connectivity index (χ2n) is 5.53. The van der Waals surface area contributed by atoms with Crippen molar-refractivity contribution in [3.05, 3.63) is 29.3 Å². The zero-order chi connectivity index (χ0) is 17.2. The van der Waals surface area contributed by atoms with E-state index in [4.69, 9.17) is 0 Å². The van der Waals surface area contributed by atoms with Gasteiger partial charge in [0.15, 0.2) is 0 Å². The Morgan fingerprint density at radius 3 is 2.57 bits per heavy atom. The maximum Gasteiger partial charge on any atom is 0.416 e. The predicted molar refractivity (Wildman–Crippen MR) is 79.1 cm³/mol. The van der Waals surface area contributed by atoms with E-state index in [9.17, 15) is 22.8 Å². The first-order valence-corrected chi connectivity index (χ1v) is 7.20. The van der Waals surface area contributed by atoms with Gasteiger partial charge in [0.1, 0.15) is 0 Å². The molecule has 5 nitrogen and oxygen atoms in total. The van der Waals surface area contributed by atoms with Crippen LogP contribution in [0.4, 0.5) is 18.9 Å². The third-order valence-corrected chi connectivity index (χ3v) is 3.59. The van der Waals surface area contributed by atoms with Gasteiger partial charge in [-0.15, -0.1) is 0 Å². The average Bonchev–Trinajstić information content (AvgIpc) is 2.45. The molecule has 0 aromatic heterocycles. The minimum atomic E-state index is -4.60. The Morgan fingerprint density at radius 2 is 2.00 bits per heavy atom. The molecule has 1 saturated heterocycles. The molecule has 2 amide bonds. The van der Waals surface area contributed by atoms with E-state index in [1.807, 2.05) is 6.92 Å². The first-order valence-electron chi connectivity index (χ1n) is 7.20. The Labute approximate surface area is 131 Å². The lowest BCUT2D eigenvalue weighted by Gasteiger charge is -2.34. The number of amides is 2. The summed E-state index contributed by atoms with van der Waals surface area (Å²) in [6.45, 7) is 4.62. The Balaban J connectivity index is 2.39. The van der Waals surface area contributed by atoms with Crippen molar-refractivity contribution in [3.8, 4) is 0 Å². The molecule has 0 bridgehead atoms. The molecule has 0 spiro atoms. The largest absolute Gasteiger partial charge is 0.416 e. The van der Waals surface area contributed by atoms with Gasteiger partial charge in [-0.2, -0.15) is 13.2 Å². The summed E-state index contributed by atoms with van der Waals surface area (Å²) in [5, 5.41) is 5.42. The first-order chi connectivity index (χ1) is 10.7. The first kappa shape index (κ1) is 17.3. The van der Waals surface area contributed by atoms with E-state index in [1.54, 1.807) is 0 Å². The molecule has 2 N–H and O–H groups in total. The van der Waals surface area contributed by atoms with Gasteiger partial charge in [-0.25, -0.2) is 0 Å². The van der Waals surface area contributed by atoms with E-state index in [0.717, 1.165) is 12.1 Å². The SMILES string of the molecule is CC(=O)Nc1cc(C(=O)N2CCNC[C@H]2C)cc(C(F)(F)F)c1. The maximum atomic E-state index is 13.0. The highest BCUT2D eigenvalue weighted by Gasteiger charge is 2.33. The molecule has 1 fully saturated rings. The van der Waals surface area contributed by atoms with Gasteiger partial charge in [-0.1, -0.05) is 0 Å². The fourth-order valence-corrected chi connectivity index (χ4v) is 2.50. The number of carbonyl (C=O) groups is 2. The number of carbonyl (C=O) groups excluding carboxylic acids is 2. The monoisotopic (exact) mass is 329 g/mol. The van der Waals surface area contributed by atoms with Crippen LogP contribution in [0.2, 0.25) is 0 Å². The van der Waals surface area contributed by atoms with E-state index < -0.39 is 23.6 Å². The second-order valence-corrected chi connectivity index (χ2v) is 5.53. The summed E-state index contributed by atoms with van der Waals surface area (Å²) in [6.07, 6.45) is -4.60. The number of hydrogen-bond donors (Lipinski definition) is 2. The number of alkyl halides is 3. The van der Waals surface area contributed by atoms with Gasteiger partial charge in [0.25, 0.3) is 5.91 Å². The molecule has 0 aliphatic carbocycles. The van der Waals surface area contributed by atoms with Crippen LogP contribution >= 0.6 is 0 Å². The van der Waals surface area contributed by atoms with Crippen molar-refractivity contribution in [2.75, 3.05) is 25.0 Å². The molecular formula is C15H18F3N3O2. The zero-order valence-electron chi connectivity index (χ0n) is 12.8. The van der Waals surface area contributed by atoms with E-state index in [-0.39, 0.29) is 17.3 Å². The van der Waals surface area contributed by atoms with Crippen LogP contribution in [0.3, 0.4) is 0 Å². The molecule has 8 heteroatoms. The molecule has 1 aromatic carbocycles. The summed E-state index contributed by atoms with van der Waals surface area (Å²) in [5.41, 5.74) is -1.09. The Morgan fingerprint density at radius 1 is 1.30 bits per heavy atom. The Hall–Kier alpha value is -2.09. The number of anilines is 1. The smallest absolute Gasteiger partial charge is 0.333 e. The van der Waals surface area contributed by atoms with Crippen LogP contribution < -0.4 is 10.6 Å². The lowest BCUT2D eigenvalue weighted by Crippen LogP contribution is -2.52. The van der Waals surface area contributed by atoms with Crippen LogP contribution in [0.1, 0.15) is 29.8 Å². The Bertz CT molecular complexity index is 616. The summed E-state index contributed by atoms with van der Waals surface area (Å²) in [5.74, 6) is -0.977. The van der Waals surface area contributed by atoms with Crippen molar-refractivity contribution in [2.45, 2.75) is 26.1 Å². The zero-order valence-corrected chi connectivity index (χ0v) is 12.8. The van der Waals surface area contributed by atoms with Crippen molar-refractivity contribution < 1.29 is 22.8 Å². The van der Waals surface area contributed by atoms with Crippen LogP contribution in [-0.4, -0.2) is 42.4 Å². The molecule has 1 aliphatic rings. The molecule has 23 heavy (non-hydrogen) atoms. The number of rotatable bonds is 2. The molecule has 0 unspecified atom stereocenters.